The van der Waals surface area contributed by atoms with E-state index in [4.69, 9.17) is 11.6 Å². The number of anilines is 1. The lowest BCUT2D eigenvalue weighted by Gasteiger charge is -2.13. The molecule has 102 valence electrons. The molecule has 0 bridgehead atoms. The van der Waals surface area contributed by atoms with Crippen molar-refractivity contribution in [2.45, 2.75) is 25.6 Å². The van der Waals surface area contributed by atoms with Crippen LogP contribution in [0.15, 0.2) is 24.3 Å². The molecule has 0 saturated heterocycles. The van der Waals surface area contributed by atoms with Crippen LogP contribution in [0.2, 0.25) is 0 Å². The molecule has 1 unspecified atom stereocenters. The van der Waals surface area contributed by atoms with Crippen LogP contribution < -0.4 is 5.32 Å². The number of nitrogens with one attached hydrogen (secondary N) is 1. The molecular formula is C13H20ClNO2S. The van der Waals surface area contributed by atoms with E-state index in [0.717, 1.165) is 11.3 Å². The quantitative estimate of drug-likeness (QED) is 0.784. The first-order valence-electron chi connectivity index (χ1n) is 6.13. The van der Waals surface area contributed by atoms with Gasteiger partial charge in [-0.15, -0.1) is 11.6 Å². The van der Waals surface area contributed by atoms with Gasteiger partial charge >= 0.3 is 0 Å². The molecule has 1 aromatic rings. The third-order valence-corrected chi connectivity index (χ3v) is 4.72. The Balaban J connectivity index is 2.59. The summed E-state index contributed by atoms with van der Waals surface area (Å²) in [5.41, 5.74) is 1.90. The smallest absolute Gasteiger partial charge is 0.152 e. The molecular weight excluding hydrogens is 270 g/mol. The second kappa shape index (κ2) is 7.00. The van der Waals surface area contributed by atoms with Gasteiger partial charge in [-0.1, -0.05) is 25.1 Å². The Morgan fingerprint density at radius 3 is 2.56 bits per heavy atom. The lowest BCUT2D eigenvalue weighted by Crippen LogP contribution is -2.18. The summed E-state index contributed by atoms with van der Waals surface area (Å²) in [5.74, 6) is 0.411. The molecule has 0 spiro atoms. The van der Waals surface area contributed by atoms with Crippen LogP contribution in [0.25, 0.3) is 0 Å². The van der Waals surface area contributed by atoms with E-state index in [1.54, 1.807) is 0 Å². The van der Waals surface area contributed by atoms with Crippen molar-refractivity contribution in [1.82, 2.24) is 0 Å². The standard InChI is InChI=1S/C13H20ClNO2S/c1-3-9-18(16,17)10-8-15-13-7-5-4-6-12(13)11(2)14/h4-7,11,15H,3,8-10H2,1-2H3. The summed E-state index contributed by atoms with van der Waals surface area (Å²) in [5, 5.41) is 3.05. The largest absolute Gasteiger partial charge is 0.384 e. The predicted molar refractivity (Wildman–Crippen MR) is 78.1 cm³/mol. The van der Waals surface area contributed by atoms with Crippen LogP contribution in [0.4, 0.5) is 5.69 Å². The molecule has 0 aromatic heterocycles. The zero-order chi connectivity index (χ0) is 13.6. The summed E-state index contributed by atoms with van der Waals surface area (Å²) in [6.07, 6.45) is 0.664. The van der Waals surface area contributed by atoms with Gasteiger partial charge in [0.2, 0.25) is 0 Å². The second-order valence-corrected chi connectivity index (χ2v) is 7.24. The SMILES string of the molecule is CCCS(=O)(=O)CCNc1ccccc1C(C)Cl. The summed E-state index contributed by atoms with van der Waals surface area (Å²) < 4.78 is 23.1. The number of alkyl halides is 1. The summed E-state index contributed by atoms with van der Waals surface area (Å²) >= 11 is 6.07. The van der Waals surface area contributed by atoms with E-state index in [-0.39, 0.29) is 16.9 Å². The van der Waals surface area contributed by atoms with E-state index in [1.807, 2.05) is 38.1 Å². The summed E-state index contributed by atoms with van der Waals surface area (Å²) in [6, 6.07) is 7.69. The summed E-state index contributed by atoms with van der Waals surface area (Å²) in [4.78, 5) is 0. The molecule has 1 N–H and O–H groups in total. The minimum atomic E-state index is -2.93. The van der Waals surface area contributed by atoms with E-state index in [1.165, 1.54) is 0 Å². The maximum Gasteiger partial charge on any atom is 0.152 e. The monoisotopic (exact) mass is 289 g/mol. The van der Waals surface area contributed by atoms with Gasteiger partial charge in [0.1, 0.15) is 0 Å². The molecule has 0 heterocycles. The van der Waals surface area contributed by atoms with Crippen LogP contribution in [-0.2, 0) is 9.84 Å². The third kappa shape index (κ3) is 4.86. The minimum absolute atomic E-state index is 0.0963. The molecule has 18 heavy (non-hydrogen) atoms. The van der Waals surface area contributed by atoms with Crippen molar-refractivity contribution in [3.63, 3.8) is 0 Å². The van der Waals surface area contributed by atoms with Gasteiger partial charge in [-0.2, -0.15) is 0 Å². The molecule has 0 amide bonds. The Kier molecular flexibility index (Phi) is 5.96. The van der Waals surface area contributed by atoms with Crippen LogP contribution >= 0.6 is 11.6 Å². The number of benzene rings is 1. The van der Waals surface area contributed by atoms with Crippen molar-refractivity contribution in [1.29, 1.82) is 0 Å². The van der Waals surface area contributed by atoms with Crippen molar-refractivity contribution in [3.05, 3.63) is 29.8 Å². The van der Waals surface area contributed by atoms with Crippen molar-refractivity contribution >= 4 is 27.1 Å². The molecule has 1 rings (SSSR count). The number of hydrogen-bond acceptors (Lipinski definition) is 3. The van der Waals surface area contributed by atoms with E-state index < -0.39 is 9.84 Å². The molecule has 0 radical (unpaired) electrons. The fraction of sp³-hybridized carbons (Fsp3) is 0.538. The average Bonchev–Trinajstić information content (AvgIpc) is 2.29. The molecule has 3 nitrogen and oxygen atoms in total. The highest BCUT2D eigenvalue weighted by molar-refractivity contribution is 7.91. The molecule has 1 aromatic carbocycles. The number of para-hydroxylation sites is 1. The van der Waals surface area contributed by atoms with E-state index in [9.17, 15) is 8.42 Å². The predicted octanol–water partition coefficient (Wildman–Crippen LogP) is 3.22. The van der Waals surface area contributed by atoms with Gasteiger partial charge in [-0.05, 0) is 25.0 Å². The first-order chi connectivity index (χ1) is 8.46. The van der Waals surface area contributed by atoms with Crippen molar-refractivity contribution in [2.75, 3.05) is 23.4 Å². The molecule has 1 atom stereocenters. The average molecular weight is 290 g/mol. The highest BCUT2D eigenvalue weighted by Gasteiger charge is 2.10. The summed E-state index contributed by atoms with van der Waals surface area (Å²) in [7, 11) is -2.93. The van der Waals surface area contributed by atoms with Gasteiger partial charge in [0.15, 0.2) is 9.84 Å². The molecule has 0 aliphatic carbocycles. The Hall–Kier alpha value is -0.740. The zero-order valence-corrected chi connectivity index (χ0v) is 12.4. The highest BCUT2D eigenvalue weighted by atomic mass is 35.5. The first-order valence-corrected chi connectivity index (χ1v) is 8.39. The molecule has 0 aliphatic heterocycles. The van der Waals surface area contributed by atoms with Gasteiger partial charge in [0.25, 0.3) is 0 Å². The van der Waals surface area contributed by atoms with Gasteiger partial charge < -0.3 is 5.32 Å². The maximum absolute atomic E-state index is 11.6. The number of halogens is 1. The molecule has 0 saturated carbocycles. The van der Waals surface area contributed by atoms with Crippen molar-refractivity contribution in [2.24, 2.45) is 0 Å². The van der Waals surface area contributed by atoms with E-state index >= 15 is 0 Å². The number of rotatable bonds is 7. The van der Waals surface area contributed by atoms with Crippen molar-refractivity contribution in [3.8, 4) is 0 Å². The molecule has 0 aliphatic rings. The normalized spacial score (nSPS) is 13.3. The van der Waals surface area contributed by atoms with Crippen LogP contribution in [-0.4, -0.2) is 26.5 Å². The minimum Gasteiger partial charge on any atom is -0.384 e. The number of sulfone groups is 1. The third-order valence-electron chi connectivity index (χ3n) is 2.63. The van der Waals surface area contributed by atoms with Gasteiger partial charge in [-0.25, -0.2) is 8.42 Å². The molecule has 0 fully saturated rings. The topological polar surface area (TPSA) is 46.2 Å². The Bertz CT molecular complexity index is 472. The van der Waals surface area contributed by atoms with Crippen LogP contribution in [0.3, 0.4) is 0 Å². The second-order valence-electron chi connectivity index (χ2n) is 4.28. The zero-order valence-electron chi connectivity index (χ0n) is 10.8. The maximum atomic E-state index is 11.6. The number of hydrogen-bond donors (Lipinski definition) is 1. The van der Waals surface area contributed by atoms with E-state index in [0.29, 0.717) is 13.0 Å². The first kappa shape index (κ1) is 15.3. The van der Waals surface area contributed by atoms with E-state index in [2.05, 4.69) is 5.32 Å². The Morgan fingerprint density at radius 2 is 1.94 bits per heavy atom. The van der Waals surface area contributed by atoms with Crippen LogP contribution in [0.5, 0.6) is 0 Å². The molecule has 5 heteroatoms. The van der Waals surface area contributed by atoms with Gasteiger partial charge in [0, 0.05) is 18.0 Å². The summed E-state index contributed by atoms with van der Waals surface area (Å²) in [6.45, 7) is 4.19. The van der Waals surface area contributed by atoms with Gasteiger partial charge in [-0.3, -0.25) is 0 Å². The van der Waals surface area contributed by atoms with Gasteiger partial charge in [0.05, 0.1) is 11.1 Å². The Morgan fingerprint density at radius 1 is 1.28 bits per heavy atom. The fourth-order valence-electron chi connectivity index (χ4n) is 1.76. The van der Waals surface area contributed by atoms with Crippen molar-refractivity contribution < 1.29 is 8.42 Å². The lowest BCUT2D eigenvalue weighted by atomic mass is 10.1. The fourth-order valence-corrected chi connectivity index (χ4v) is 3.19. The van der Waals surface area contributed by atoms with Crippen LogP contribution in [0.1, 0.15) is 31.2 Å². The lowest BCUT2D eigenvalue weighted by molar-refractivity contribution is 0.595. The Labute approximate surface area is 114 Å². The van der Waals surface area contributed by atoms with Crippen LogP contribution in [0, 0.1) is 0 Å². The highest BCUT2D eigenvalue weighted by Crippen LogP contribution is 2.26.